The summed E-state index contributed by atoms with van der Waals surface area (Å²) in [6.07, 6.45) is 1.27. The molecule has 0 saturated carbocycles. The van der Waals surface area contributed by atoms with E-state index in [-0.39, 0.29) is 12.0 Å². The van der Waals surface area contributed by atoms with Crippen LogP contribution in [0.5, 0.6) is 0 Å². The Labute approximate surface area is 104 Å². The first-order valence-corrected chi connectivity index (χ1v) is 5.46. The minimum Gasteiger partial charge on any atom is -0.480 e. The molecule has 4 N–H and O–H groups in total. The number of carbonyl (C=O) groups is 2. The highest BCUT2D eigenvalue weighted by atomic mass is 16.4. The van der Waals surface area contributed by atoms with Crippen LogP contribution < -0.4 is 5.73 Å². The molecule has 0 aliphatic heterocycles. The van der Waals surface area contributed by atoms with E-state index >= 15 is 0 Å². The van der Waals surface area contributed by atoms with Gasteiger partial charge in [0.15, 0.2) is 0 Å². The van der Waals surface area contributed by atoms with Crippen LogP contribution in [0.2, 0.25) is 0 Å². The van der Waals surface area contributed by atoms with Crippen molar-refractivity contribution in [3.05, 3.63) is 47.5 Å². The lowest BCUT2D eigenvalue weighted by atomic mass is 9.82. The van der Waals surface area contributed by atoms with Gasteiger partial charge in [0.2, 0.25) is 0 Å². The zero-order chi connectivity index (χ0) is 13.3. The molecule has 94 valence electrons. The number of nitrogens with two attached hydrogens (primary N) is 1. The van der Waals surface area contributed by atoms with Crippen LogP contribution in [0.3, 0.4) is 0 Å². The number of benzene rings is 1. The monoisotopic (exact) mass is 247 g/mol. The van der Waals surface area contributed by atoms with Crippen LogP contribution in [0.1, 0.15) is 17.9 Å². The number of carboxylic acid groups (broad SMARTS) is 2. The van der Waals surface area contributed by atoms with E-state index in [1.54, 1.807) is 30.3 Å². The minimum absolute atomic E-state index is 0.0498. The summed E-state index contributed by atoms with van der Waals surface area (Å²) < 4.78 is 0. The normalized spacial score (nSPS) is 26.7. The van der Waals surface area contributed by atoms with Crippen LogP contribution in [-0.2, 0) is 9.59 Å². The van der Waals surface area contributed by atoms with Gasteiger partial charge in [0.25, 0.3) is 0 Å². The molecule has 0 saturated heterocycles. The first kappa shape index (κ1) is 12.3. The van der Waals surface area contributed by atoms with Crippen molar-refractivity contribution < 1.29 is 19.8 Å². The largest absolute Gasteiger partial charge is 0.480 e. The Bertz CT molecular complexity index is 523. The summed E-state index contributed by atoms with van der Waals surface area (Å²) in [5.41, 5.74) is 5.06. The van der Waals surface area contributed by atoms with Crippen molar-refractivity contribution in [1.29, 1.82) is 0 Å². The maximum absolute atomic E-state index is 11.3. The Balaban J connectivity index is 2.47. The molecule has 2 atom stereocenters. The SMILES string of the molecule is N[C@@]1(C(=O)O)CC(C(=O)O)=C[C@H]1c1ccccc1. The first-order valence-electron chi connectivity index (χ1n) is 5.46. The van der Waals surface area contributed by atoms with Crippen LogP contribution in [0, 0.1) is 0 Å². The van der Waals surface area contributed by atoms with E-state index in [9.17, 15) is 14.7 Å². The van der Waals surface area contributed by atoms with E-state index in [2.05, 4.69) is 0 Å². The highest BCUT2D eigenvalue weighted by Gasteiger charge is 2.48. The molecule has 0 unspecified atom stereocenters. The van der Waals surface area contributed by atoms with Gasteiger partial charge >= 0.3 is 11.9 Å². The lowest BCUT2D eigenvalue weighted by molar-refractivity contribution is -0.143. The van der Waals surface area contributed by atoms with Crippen LogP contribution in [-0.4, -0.2) is 27.7 Å². The van der Waals surface area contributed by atoms with E-state index in [0.29, 0.717) is 5.56 Å². The molecule has 5 heteroatoms. The smallest absolute Gasteiger partial charge is 0.331 e. The molecule has 1 aliphatic carbocycles. The topological polar surface area (TPSA) is 101 Å². The number of hydrogen-bond donors (Lipinski definition) is 3. The zero-order valence-corrected chi connectivity index (χ0v) is 9.54. The van der Waals surface area contributed by atoms with Gasteiger partial charge in [-0.3, -0.25) is 4.79 Å². The maximum Gasteiger partial charge on any atom is 0.331 e. The van der Waals surface area contributed by atoms with E-state index in [1.165, 1.54) is 6.08 Å². The molecule has 2 rings (SSSR count). The summed E-state index contributed by atoms with van der Waals surface area (Å²) in [7, 11) is 0. The Kier molecular flexibility index (Phi) is 2.92. The molecule has 5 nitrogen and oxygen atoms in total. The second-order valence-electron chi connectivity index (χ2n) is 4.41. The maximum atomic E-state index is 11.3. The third kappa shape index (κ3) is 1.89. The van der Waals surface area contributed by atoms with Crippen molar-refractivity contribution in [2.45, 2.75) is 17.9 Å². The Morgan fingerprint density at radius 3 is 2.33 bits per heavy atom. The van der Waals surface area contributed by atoms with E-state index in [0.717, 1.165) is 0 Å². The number of aliphatic carboxylic acids is 2. The second kappa shape index (κ2) is 4.27. The predicted molar refractivity (Wildman–Crippen MR) is 64.1 cm³/mol. The standard InChI is InChI=1S/C13H13NO4/c14-13(12(17)18)7-9(11(15)16)6-10(13)8-4-2-1-3-5-8/h1-6,10H,7,14H2,(H,15,16)(H,17,18)/t10-,13-/m0/s1. The summed E-state index contributed by atoms with van der Waals surface area (Å²) in [5.74, 6) is -2.93. The Hall–Kier alpha value is -2.14. The number of hydrogen-bond acceptors (Lipinski definition) is 3. The lowest BCUT2D eigenvalue weighted by Crippen LogP contribution is -2.50. The van der Waals surface area contributed by atoms with Gasteiger partial charge in [-0.25, -0.2) is 4.79 Å². The minimum atomic E-state index is -1.59. The predicted octanol–water partition coefficient (Wildman–Crippen LogP) is 0.967. The van der Waals surface area contributed by atoms with Crippen LogP contribution in [0.15, 0.2) is 42.0 Å². The lowest BCUT2D eigenvalue weighted by Gasteiger charge is -2.26. The van der Waals surface area contributed by atoms with Gasteiger partial charge in [-0.05, 0) is 5.56 Å². The zero-order valence-electron chi connectivity index (χ0n) is 9.54. The highest BCUT2D eigenvalue weighted by Crippen LogP contribution is 2.40. The fourth-order valence-electron chi connectivity index (χ4n) is 2.24. The van der Waals surface area contributed by atoms with Crippen molar-refractivity contribution in [3.8, 4) is 0 Å². The molecule has 1 aliphatic rings. The average molecular weight is 247 g/mol. The number of rotatable bonds is 3. The molecule has 0 heterocycles. The van der Waals surface area contributed by atoms with E-state index in [1.807, 2.05) is 0 Å². The van der Waals surface area contributed by atoms with Gasteiger partial charge in [0.1, 0.15) is 5.54 Å². The van der Waals surface area contributed by atoms with Crippen molar-refractivity contribution >= 4 is 11.9 Å². The number of carboxylic acids is 2. The van der Waals surface area contributed by atoms with Gasteiger partial charge in [-0.1, -0.05) is 36.4 Å². The highest BCUT2D eigenvalue weighted by molar-refractivity contribution is 5.92. The fraction of sp³-hybridized carbons (Fsp3) is 0.231. The van der Waals surface area contributed by atoms with E-state index in [4.69, 9.17) is 10.8 Å². The molecule has 1 aromatic rings. The van der Waals surface area contributed by atoms with Crippen molar-refractivity contribution in [3.63, 3.8) is 0 Å². The fourth-order valence-corrected chi connectivity index (χ4v) is 2.24. The first-order chi connectivity index (χ1) is 8.45. The quantitative estimate of drug-likeness (QED) is 0.738. The van der Waals surface area contributed by atoms with Crippen LogP contribution >= 0.6 is 0 Å². The Morgan fingerprint density at radius 2 is 1.83 bits per heavy atom. The van der Waals surface area contributed by atoms with Gasteiger partial charge in [0.05, 0.1) is 0 Å². The molecule has 0 amide bonds. The third-order valence-electron chi connectivity index (χ3n) is 3.24. The van der Waals surface area contributed by atoms with Gasteiger partial charge in [0, 0.05) is 17.9 Å². The van der Waals surface area contributed by atoms with Crippen molar-refractivity contribution in [2.24, 2.45) is 5.73 Å². The van der Waals surface area contributed by atoms with Gasteiger partial charge < -0.3 is 15.9 Å². The summed E-state index contributed by atoms with van der Waals surface area (Å²) in [4.78, 5) is 22.3. The molecule has 18 heavy (non-hydrogen) atoms. The van der Waals surface area contributed by atoms with Crippen LogP contribution in [0.4, 0.5) is 0 Å². The van der Waals surface area contributed by atoms with Gasteiger partial charge in [-0.15, -0.1) is 0 Å². The summed E-state index contributed by atoms with van der Waals surface area (Å²) in [5, 5.41) is 18.2. The van der Waals surface area contributed by atoms with Crippen LogP contribution in [0.25, 0.3) is 0 Å². The molecule has 0 aromatic heterocycles. The molecule has 0 bridgehead atoms. The summed E-state index contributed by atoms with van der Waals surface area (Å²) >= 11 is 0. The van der Waals surface area contributed by atoms with E-state index < -0.39 is 23.4 Å². The Morgan fingerprint density at radius 1 is 1.22 bits per heavy atom. The molecule has 0 spiro atoms. The van der Waals surface area contributed by atoms with Gasteiger partial charge in [-0.2, -0.15) is 0 Å². The molecule has 0 fully saturated rings. The third-order valence-corrected chi connectivity index (χ3v) is 3.24. The second-order valence-corrected chi connectivity index (χ2v) is 4.41. The van der Waals surface area contributed by atoms with Crippen molar-refractivity contribution in [1.82, 2.24) is 0 Å². The average Bonchev–Trinajstić information content (AvgIpc) is 2.70. The molecular formula is C13H13NO4. The summed E-state index contributed by atoms with van der Waals surface area (Å²) in [6, 6.07) is 8.83. The summed E-state index contributed by atoms with van der Waals surface area (Å²) in [6.45, 7) is 0. The van der Waals surface area contributed by atoms with Crippen molar-refractivity contribution in [2.75, 3.05) is 0 Å². The molecule has 1 aromatic carbocycles. The molecular weight excluding hydrogens is 234 g/mol. The molecule has 0 radical (unpaired) electrons.